The van der Waals surface area contributed by atoms with E-state index in [1.54, 1.807) is 0 Å². The number of halogens is 2. The smallest absolute Gasteiger partial charge is 0.193 e. The number of fused-ring (bicyclic) bond motifs is 1. The first-order valence-electron chi connectivity index (χ1n) is 7.41. The molecule has 1 aromatic heterocycles. The van der Waals surface area contributed by atoms with Crippen LogP contribution in [0.2, 0.25) is 0 Å². The molecule has 0 amide bonds. The fourth-order valence-corrected chi connectivity index (χ4v) is 3.19. The summed E-state index contributed by atoms with van der Waals surface area (Å²) in [6.45, 7) is 0. The van der Waals surface area contributed by atoms with Crippen LogP contribution in [0.3, 0.4) is 0 Å². The van der Waals surface area contributed by atoms with E-state index in [-0.39, 0.29) is 49.8 Å². The van der Waals surface area contributed by atoms with Gasteiger partial charge < -0.3 is 4.42 Å². The van der Waals surface area contributed by atoms with Crippen molar-refractivity contribution in [2.45, 2.75) is 0 Å². The highest BCUT2D eigenvalue weighted by atomic mass is 79.9. The van der Waals surface area contributed by atoms with Crippen LogP contribution in [0.15, 0.2) is 57.7 Å². The Morgan fingerprint density at radius 1 is 0.920 bits per heavy atom. The molecule has 2 aromatic carbocycles. The van der Waals surface area contributed by atoms with E-state index in [0.717, 1.165) is 5.56 Å². The van der Waals surface area contributed by atoms with E-state index in [9.17, 15) is 14.4 Å². The number of rotatable bonds is 5. The van der Waals surface area contributed by atoms with Gasteiger partial charge in [-0.15, -0.1) is 0 Å². The predicted octanol–water partition coefficient (Wildman–Crippen LogP) is 4.62. The first kappa shape index (κ1) is 17.8. The van der Waals surface area contributed by atoms with Crippen molar-refractivity contribution in [3.05, 3.63) is 69.9 Å². The summed E-state index contributed by atoms with van der Waals surface area (Å²) in [6.07, 6.45) is 0. The molecule has 0 unspecified atom stereocenters. The predicted molar refractivity (Wildman–Crippen MR) is 104 cm³/mol. The number of hydrogen-bond acceptors (Lipinski definition) is 4. The van der Waals surface area contributed by atoms with Gasteiger partial charge in [-0.05, 0) is 12.1 Å². The van der Waals surface area contributed by atoms with E-state index in [4.69, 9.17) is 4.42 Å². The van der Waals surface area contributed by atoms with E-state index in [1.165, 1.54) is 18.2 Å². The Balaban J connectivity index is 2.39. The molecule has 3 rings (SSSR count). The maximum atomic E-state index is 12.5. The molecule has 25 heavy (non-hydrogen) atoms. The topological polar surface area (TPSA) is 64.3 Å². The summed E-state index contributed by atoms with van der Waals surface area (Å²) in [6, 6.07) is 13.6. The highest BCUT2D eigenvalue weighted by Crippen LogP contribution is 2.27. The lowest BCUT2D eigenvalue weighted by molar-refractivity contribution is 0.0987. The lowest BCUT2D eigenvalue weighted by Gasteiger charge is -2.10. The molecule has 0 atom stereocenters. The zero-order chi connectivity index (χ0) is 18.0. The quantitative estimate of drug-likeness (QED) is 0.409. The Bertz CT molecular complexity index is 1020. The Hall–Kier alpha value is -2.05. The number of ketones is 2. The molecule has 6 heteroatoms. The number of alkyl halides is 2. The molecule has 0 fully saturated rings. The molecule has 0 bridgehead atoms. The summed E-state index contributed by atoms with van der Waals surface area (Å²) < 4.78 is 5.91. The molecule has 0 saturated heterocycles. The van der Waals surface area contributed by atoms with Gasteiger partial charge in [-0.25, -0.2) is 0 Å². The minimum absolute atomic E-state index is 0.0218. The summed E-state index contributed by atoms with van der Waals surface area (Å²) in [5.41, 5.74) is 0.969. The molecule has 0 spiro atoms. The van der Waals surface area contributed by atoms with Crippen LogP contribution in [0.1, 0.15) is 20.7 Å². The van der Waals surface area contributed by atoms with E-state index in [1.807, 2.05) is 30.3 Å². The number of hydrogen-bond donors (Lipinski definition) is 0. The van der Waals surface area contributed by atoms with E-state index in [0.29, 0.717) is 5.76 Å². The van der Waals surface area contributed by atoms with Gasteiger partial charge in [-0.3, -0.25) is 14.4 Å². The van der Waals surface area contributed by atoms with Gasteiger partial charge in [0.2, 0.25) is 0 Å². The number of Topliss-reactive ketones (excluding diaryl/α,β-unsaturated/α-hetero) is 2. The van der Waals surface area contributed by atoms with Crippen LogP contribution in [0.25, 0.3) is 22.3 Å². The van der Waals surface area contributed by atoms with Crippen LogP contribution in [0, 0.1) is 0 Å². The average Bonchev–Trinajstić information content (AvgIpc) is 2.66. The molecule has 0 radical (unpaired) electrons. The monoisotopic (exact) mass is 462 g/mol. The van der Waals surface area contributed by atoms with Crippen LogP contribution < -0.4 is 5.43 Å². The normalized spacial score (nSPS) is 10.8. The Kier molecular flexibility index (Phi) is 5.30. The van der Waals surface area contributed by atoms with Gasteiger partial charge >= 0.3 is 0 Å². The minimum Gasteiger partial charge on any atom is -0.455 e. The van der Waals surface area contributed by atoms with E-state index >= 15 is 0 Å². The first-order valence-corrected chi connectivity index (χ1v) is 9.65. The molecule has 3 aromatic rings. The van der Waals surface area contributed by atoms with Gasteiger partial charge in [0.1, 0.15) is 11.3 Å². The average molecular weight is 464 g/mol. The van der Waals surface area contributed by atoms with Crippen LogP contribution in [0.4, 0.5) is 0 Å². The molecule has 1 heterocycles. The lowest BCUT2D eigenvalue weighted by Crippen LogP contribution is -2.13. The highest BCUT2D eigenvalue weighted by Gasteiger charge is 2.22. The van der Waals surface area contributed by atoms with Gasteiger partial charge in [0.25, 0.3) is 0 Å². The largest absolute Gasteiger partial charge is 0.455 e. The van der Waals surface area contributed by atoms with Gasteiger partial charge in [-0.1, -0.05) is 62.2 Å². The zero-order valence-corrected chi connectivity index (χ0v) is 16.1. The van der Waals surface area contributed by atoms with Gasteiger partial charge in [-0.2, -0.15) is 0 Å². The first-order chi connectivity index (χ1) is 12.1. The molecule has 0 aliphatic rings. The third-order valence-corrected chi connectivity index (χ3v) is 4.80. The summed E-state index contributed by atoms with van der Waals surface area (Å²) in [5.74, 6) is -0.215. The maximum Gasteiger partial charge on any atom is 0.193 e. The summed E-state index contributed by atoms with van der Waals surface area (Å²) in [5, 5.41) is 0.368. The number of benzene rings is 2. The summed E-state index contributed by atoms with van der Waals surface area (Å²) in [4.78, 5) is 37.2. The van der Waals surface area contributed by atoms with Crippen molar-refractivity contribution >= 4 is 54.4 Å². The fraction of sp³-hybridized carbons (Fsp3) is 0.105. The van der Waals surface area contributed by atoms with Crippen LogP contribution in [-0.4, -0.2) is 22.2 Å². The van der Waals surface area contributed by atoms with Gasteiger partial charge in [0, 0.05) is 17.2 Å². The van der Waals surface area contributed by atoms with Crippen molar-refractivity contribution in [2.75, 3.05) is 10.7 Å². The highest BCUT2D eigenvalue weighted by molar-refractivity contribution is 9.09. The second kappa shape index (κ2) is 7.45. The molecule has 0 saturated carbocycles. The third kappa shape index (κ3) is 3.37. The van der Waals surface area contributed by atoms with Crippen LogP contribution in [-0.2, 0) is 0 Å². The lowest BCUT2D eigenvalue weighted by atomic mass is 9.98. The number of carbonyl (C=O) groups excluding carboxylic acids is 2. The van der Waals surface area contributed by atoms with Gasteiger partial charge in [0.15, 0.2) is 17.0 Å². The number of carbonyl (C=O) groups is 2. The second-order valence-electron chi connectivity index (χ2n) is 5.32. The maximum absolute atomic E-state index is 12.5. The Labute approximate surface area is 160 Å². The van der Waals surface area contributed by atoms with Crippen LogP contribution >= 0.6 is 31.9 Å². The van der Waals surface area contributed by atoms with Crippen molar-refractivity contribution in [3.8, 4) is 11.3 Å². The Morgan fingerprint density at radius 2 is 1.60 bits per heavy atom. The Morgan fingerprint density at radius 3 is 2.24 bits per heavy atom. The zero-order valence-electron chi connectivity index (χ0n) is 12.9. The molecule has 0 aliphatic heterocycles. The second-order valence-corrected chi connectivity index (χ2v) is 6.44. The van der Waals surface area contributed by atoms with E-state index in [2.05, 4.69) is 31.9 Å². The van der Waals surface area contributed by atoms with Crippen molar-refractivity contribution in [2.24, 2.45) is 0 Å². The van der Waals surface area contributed by atoms with Crippen LogP contribution in [0.5, 0.6) is 0 Å². The van der Waals surface area contributed by atoms with Crippen molar-refractivity contribution in [3.63, 3.8) is 0 Å². The summed E-state index contributed by atoms with van der Waals surface area (Å²) in [7, 11) is 0. The molecule has 0 aliphatic carbocycles. The molecule has 0 N–H and O–H groups in total. The molecular formula is C19H12Br2O4. The van der Waals surface area contributed by atoms with Crippen molar-refractivity contribution in [1.82, 2.24) is 0 Å². The fourth-order valence-electron chi connectivity index (χ4n) is 2.61. The standard InChI is InChI=1S/C19H12Br2O4/c20-9-15(23)12-6-7-13-14(22)8-17(11-4-2-1-3-5-11)25-19(13)18(12)16(24)10-21/h1-8H,9-10H2. The summed E-state index contributed by atoms with van der Waals surface area (Å²) >= 11 is 6.25. The molecule has 4 nitrogen and oxygen atoms in total. The third-order valence-electron chi connectivity index (χ3n) is 3.78. The van der Waals surface area contributed by atoms with Crippen molar-refractivity contribution in [1.29, 1.82) is 0 Å². The molecule has 126 valence electrons. The van der Waals surface area contributed by atoms with Gasteiger partial charge in [0.05, 0.1) is 21.6 Å². The SMILES string of the molecule is O=C(CBr)c1ccc2c(=O)cc(-c3ccccc3)oc2c1C(=O)CBr. The van der Waals surface area contributed by atoms with E-state index < -0.39 is 0 Å². The van der Waals surface area contributed by atoms with Crippen molar-refractivity contribution < 1.29 is 14.0 Å². The molecular weight excluding hydrogens is 452 g/mol. The minimum atomic E-state index is -0.316.